The third-order valence-electron chi connectivity index (χ3n) is 2.85. The first kappa shape index (κ1) is 13.7. The number of ether oxygens (including phenoxy) is 2. The lowest BCUT2D eigenvalue weighted by atomic mass is 10.2. The molecule has 1 aromatic rings. The molecule has 19 heavy (non-hydrogen) atoms. The summed E-state index contributed by atoms with van der Waals surface area (Å²) in [5.74, 6) is 0.705. The van der Waals surface area contributed by atoms with Crippen molar-refractivity contribution in [3.8, 4) is 11.5 Å². The van der Waals surface area contributed by atoms with Crippen molar-refractivity contribution in [2.45, 2.75) is 32.4 Å². The van der Waals surface area contributed by atoms with Gasteiger partial charge in [0.15, 0.2) is 18.1 Å². The van der Waals surface area contributed by atoms with Crippen LogP contribution < -0.4 is 20.5 Å². The van der Waals surface area contributed by atoms with Crippen molar-refractivity contribution < 1.29 is 14.3 Å². The van der Waals surface area contributed by atoms with Crippen molar-refractivity contribution >= 4 is 5.91 Å². The van der Waals surface area contributed by atoms with Gasteiger partial charge in [-0.3, -0.25) is 4.79 Å². The molecular formula is C14H20N2O3. The minimum atomic E-state index is -0.498. The first-order valence-electron chi connectivity index (χ1n) is 6.59. The molecule has 0 aliphatic heterocycles. The van der Waals surface area contributed by atoms with E-state index in [1.165, 1.54) is 12.8 Å². The molecule has 1 amide bonds. The minimum Gasteiger partial charge on any atom is -0.490 e. The van der Waals surface area contributed by atoms with Gasteiger partial charge in [0.1, 0.15) is 0 Å². The third kappa shape index (κ3) is 4.44. The van der Waals surface area contributed by atoms with E-state index in [4.69, 9.17) is 15.2 Å². The molecule has 1 aliphatic carbocycles. The first-order valence-corrected chi connectivity index (χ1v) is 6.59. The number of nitrogens with two attached hydrogens (primary N) is 1. The molecule has 0 spiro atoms. The van der Waals surface area contributed by atoms with Gasteiger partial charge >= 0.3 is 0 Å². The number of carbonyl (C=O) groups is 1. The minimum absolute atomic E-state index is 0.139. The van der Waals surface area contributed by atoms with Gasteiger partial charge < -0.3 is 20.5 Å². The van der Waals surface area contributed by atoms with Gasteiger partial charge in [-0.05, 0) is 37.5 Å². The molecule has 0 aromatic heterocycles. The monoisotopic (exact) mass is 264 g/mol. The first-order chi connectivity index (χ1) is 9.19. The number of rotatable bonds is 8. The Bertz CT molecular complexity index is 444. The number of hydrogen-bond donors (Lipinski definition) is 2. The predicted molar refractivity (Wildman–Crippen MR) is 72.2 cm³/mol. The second-order valence-electron chi connectivity index (χ2n) is 4.62. The second kappa shape index (κ2) is 6.43. The van der Waals surface area contributed by atoms with E-state index in [9.17, 15) is 4.79 Å². The van der Waals surface area contributed by atoms with Crippen LogP contribution in [0.4, 0.5) is 0 Å². The van der Waals surface area contributed by atoms with Gasteiger partial charge in [-0.1, -0.05) is 6.07 Å². The molecule has 1 saturated carbocycles. The average Bonchev–Trinajstić information content (AvgIpc) is 3.19. The van der Waals surface area contributed by atoms with Gasteiger partial charge in [0.2, 0.25) is 0 Å². The van der Waals surface area contributed by atoms with Crippen LogP contribution in [0.3, 0.4) is 0 Å². The Balaban J connectivity index is 2.01. The average molecular weight is 264 g/mol. The van der Waals surface area contributed by atoms with E-state index >= 15 is 0 Å². The molecule has 1 fully saturated rings. The Morgan fingerprint density at radius 3 is 2.79 bits per heavy atom. The van der Waals surface area contributed by atoms with Crippen molar-refractivity contribution in [3.05, 3.63) is 23.8 Å². The highest BCUT2D eigenvalue weighted by Gasteiger charge is 2.20. The highest BCUT2D eigenvalue weighted by Crippen LogP contribution is 2.29. The van der Waals surface area contributed by atoms with E-state index in [1.807, 2.05) is 25.1 Å². The quantitative estimate of drug-likeness (QED) is 0.740. The van der Waals surface area contributed by atoms with Crippen LogP contribution in [-0.2, 0) is 11.3 Å². The van der Waals surface area contributed by atoms with Crippen molar-refractivity contribution in [2.75, 3.05) is 13.2 Å². The Morgan fingerprint density at radius 1 is 1.37 bits per heavy atom. The summed E-state index contributed by atoms with van der Waals surface area (Å²) in [5.41, 5.74) is 6.21. The van der Waals surface area contributed by atoms with E-state index in [0.29, 0.717) is 24.1 Å². The normalized spacial score (nSPS) is 14.2. The maximum atomic E-state index is 10.7. The van der Waals surface area contributed by atoms with Crippen molar-refractivity contribution in [2.24, 2.45) is 5.73 Å². The molecule has 3 N–H and O–H groups in total. The van der Waals surface area contributed by atoms with E-state index < -0.39 is 5.91 Å². The summed E-state index contributed by atoms with van der Waals surface area (Å²) in [6.07, 6.45) is 2.52. The second-order valence-corrected chi connectivity index (χ2v) is 4.62. The molecule has 104 valence electrons. The zero-order chi connectivity index (χ0) is 13.7. The summed E-state index contributed by atoms with van der Waals surface area (Å²) in [6, 6.07) is 6.39. The molecular weight excluding hydrogens is 244 g/mol. The zero-order valence-corrected chi connectivity index (χ0v) is 11.1. The Kier molecular flexibility index (Phi) is 4.63. The SMILES string of the molecule is CCOc1cc(CNC2CC2)ccc1OCC(N)=O. The van der Waals surface area contributed by atoms with Crippen LogP contribution in [0.2, 0.25) is 0 Å². The fraction of sp³-hybridized carbons (Fsp3) is 0.500. The summed E-state index contributed by atoms with van der Waals surface area (Å²) in [6.45, 7) is 3.14. The maximum absolute atomic E-state index is 10.7. The number of nitrogens with one attached hydrogen (secondary N) is 1. The van der Waals surface area contributed by atoms with Gasteiger partial charge in [0, 0.05) is 12.6 Å². The lowest BCUT2D eigenvalue weighted by Crippen LogP contribution is -2.20. The van der Waals surface area contributed by atoms with Crippen LogP contribution in [0.15, 0.2) is 18.2 Å². The number of amides is 1. The summed E-state index contributed by atoms with van der Waals surface area (Å²) in [7, 11) is 0. The molecule has 1 aliphatic rings. The smallest absolute Gasteiger partial charge is 0.255 e. The summed E-state index contributed by atoms with van der Waals surface area (Å²) in [5, 5.41) is 3.44. The van der Waals surface area contributed by atoms with Crippen molar-refractivity contribution in [3.63, 3.8) is 0 Å². The molecule has 0 heterocycles. The summed E-state index contributed by atoms with van der Waals surface area (Å²) in [4.78, 5) is 10.7. The largest absolute Gasteiger partial charge is 0.490 e. The lowest BCUT2D eigenvalue weighted by Gasteiger charge is -2.13. The van der Waals surface area contributed by atoms with E-state index in [1.54, 1.807) is 0 Å². The third-order valence-corrected chi connectivity index (χ3v) is 2.85. The van der Waals surface area contributed by atoms with Crippen LogP contribution in [0.5, 0.6) is 11.5 Å². The highest BCUT2D eigenvalue weighted by atomic mass is 16.5. The van der Waals surface area contributed by atoms with E-state index in [0.717, 1.165) is 12.1 Å². The molecule has 0 unspecified atom stereocenters. The van der Waals surface area contributed by atoms with Crippen LogP contribution in [0.25, 0.3) is 0 Å². The van der Waals surface area contributed by atoms with Crippen LogP contribution in [0.1, 0.15) is 25.3 Å². The zero-order valence-electron chi connectivity index (χ0n) is 11.1. The molecule has 0 saturated heterocycles. The molecule has 0 radical (unpaired) electrons. The molecule has 1 aromatic carbocycles. The molecule has 5 nitrogen and oxygen atoms in total. The van der Waals surface area contributed by atoms with Gasteiger partial charge in [-0.25, -0.2) is 0 Å². The van der Waals surface area contributed by atoms with Gasteiger partial charge in [0.25, 0.3) is 5.91 Å². The van der Waals surface area contributed by atoms with E-state index in [2.05, 4.69) is 5.32 Å². The number of primary amides is 1. The van der Waals surface area contributed by atoms with Crippen molar-refractivity contribution in [1.82, 2.24) is 5.32 Å². The van der Waals surface area contributed by atoms with Gasteiger partial charge in [-0.2, -0.15) is 0 Å². The number of hydrogen-bond acceptors (Lipinski definition) is 4. The summed E-state index contributed by atoms with van der Waals surface area (Å²) < 4.78 is 10.9. The predicted octanol–water partition coefficient (Wildman–Crippen LogP) is 1.20. The summed E-state index contributed by atoms with van der Waals surface area (Å²) >= 11 is 0. The van der Waals surface area contributed by atoms with Gasteiger partial charge in [-0.15, -0.1) is 0 Å². The fourth-order valence-corrected chi connectivity index (χ4v) is 1.75. The van der Waals surface area contributed by atoms with Crippen molar-refractivity contribution in [1.29, 1.82) is 0 Å². The maximum Gasteiger partial charge on any atom is 0.255 e. The standard InChI is InChI=1S/C14H20N2O3/c1-2-18-13-7-10(8-16-11-4-5-11)3-6-12(13)19-9-14(15)17/h3,6-7,11,16H,2,4-5,8-9H2,1H3,(H2,15,17). The number of benzene rings is 1. The molecule has 2 rings (SSSR count). The van der Waals surface area contributed by atoms with Crippen LogP contribution >= 0.6 is 0 Å². The van der Waals surface area contributed by atoms with Crippen LogP contribution in [-0.4, -0.2) is 25.2 Å². The Morgan fingerprint density at radius 2 is 2.16 bits per heavy atom. The highest BCUT2D eigenvalue weighted by molar-refractivity contribution is 5.75. The Hall–Kier alpha value is -1.75. The Labute approximate surface area is 113 Å². The number of carbonyl (C=O) groups excluding carboxylic acids is 1. The fourth-order valence-electron chi connectivity index (χ4n) is 1.75. The topological polar surface area (TPSA) is 73.6 Å². The molecule has 0 bridgehead atoms. The van der Waals surface area contributed by atoms with E-state index in [-0.39, 0.29) is 6.61 Å². The van der Waals surface area contributed by atoms with Crippen LogP contribution in [0, 0.1) is 0 Å². The lowest BCUT2D eigenvalue weighted by molar-refractivity contribution is -0.119. The molecule has 0 atom stereocenters. The van der Waals surface area contributed by atoms with Gasteiger partial charge in [0.05, 0.1) is 6.61 Å². The molecule has 5 heteroatoms.